The first-order valence-electron chi connectivity index (χ1n) is 10.8. The molecule has 0 bridgehead atoms. The molecule has 1 aromatic heterocycles. The molecule has 3 rings (SSSR count). The quantitative estimate of drug-likeness (QED) is 0.510. The SMILES string of the molecule is CN(C)[C@H](CNC(=O)C[C@@H](c1cccnc1)C1(C(C)(F)F)CC1)Cc1ccc(O)c(F)c1Cl. The highest BCUT2D eigenvalue weighted by atomic mass is 35.5. The molecule has 1 aliphatic rings. The lowest BCUT2D eigenvalue weighted by Crippen LogP contribution is -2.43. The van der Waals surface area contributed by atoms with Crippen molar-refractivity contribution in [3.05, 3.63) is 58.6 Å². The van der Waals surface area contributed by atoms with Gasteiger partial charge in [-0.05, 0) is 63.5 Å². The lowest BCUT2D eigenvalue weighted by molar-refractivity contribution is -0.123. The van der Waals surface area contributed by atoms with Gasteiger partial charge in [0.2, 0.25) is 5.91 Å². The molecular weight excluding hydrogens is 455 g/mol. The van der Waals surface area contributed by atoms with E-state index >= 15 is 0 Å². The van der Waals surface area contributed by atoms with Gasteiger partial charge in [-0.2, -0.15) is 0 Å². The van der Waals surface area contributed by atoms with Crippen molar-refractivity contribution in [3.8, 4) is 5.75 Å². The molecule has 180 valence electrons. The summed E-state index contributed by atoms with van der Waals surface area (Å²) in [5.74, 6) is -5.31. The summed E-state index contributed by atoms with van der Waals surface area (Å²) in [5, 5.41) is 12.2. The number of likely N-dealkylation sites (N-methyl/N-ethyl adjacent to an activating group) is 1. The van der Waals surface area contributed by atoms with E-state index in [1.807, 2.05) is 19.0 Å². The number of phenols is 1. The van der Waals surface area contributed by atoms with Crippen LogP contribution in [0.4, 0.5) is 13.2 Å². The number of amides is 1. The van der Waals surface area contributed by atoms with Gasteiger partial charge in [-0.25, -0.2) is 13.2 Å². The third-order valence-electron chi connectivity index (χ3n) is 6.67. The van der Waals surface area contributed by atoms with Crippen molar-refractivity contribution < 1.29 is 23.1 Å². The van der Waals surface area contributed by atoms with Crippen LogP contribution in [0, 0.1) is 11.2 Å². The van der Waals surface area contributed by atoms with Crippen molar-refractivity contribution >= 4 is 17.5 Å². The number of alkyl halides is 2. The predicted octanol–water partition coefficient (Wildman–Crippen LogP) is 4.78. The summed E-state index contributed by atoms with van der Waals surface area (Å²) in [6, 6.07) is 5.97. The number of halogens is 4. The summed E-state index contributed by atoms with van der Waals surface area (Å²) in [4.78, 5) is 18.8. The van der Waals surface area contributed by atoms with Gasteiger partial charge in [0, 0.05) is 42.7 Å². The van der Waals surface area contributed by atoms with Crippen molar-refractivity contribution in [2.75, 3.05) is 20.6 Å². The minimum atomic E-state index is -2.92. The van der Waals surface area contributed by atoms with E-state index in [1.165, 1.54) is 12.1 Å². The van der Waals surface area contributed by atoms with E-state index in [9.17, 15) is 23.1 Å². The first-order chi connectivity index (χ1) is 15.5. The standard InChI is InChI=1S/C24H29ClF3N3O2/c1-23(27,28)24(8-9-24)18(16-5-4-10-29-13-16)12-20(33)30-14-17(31(2)3)11-15-6-7-19(32)22(26)21(15)25/h4-7,10,13,17-18,32H,8-9,11-12,14H2,1-3H3,(H,30,33)/t17-,18-/m0/s1. The molecule has 33 heavy (non-hydrogen) atoms. The van der Waals surface area contributed by atoms with Gasteiger partial charge in [0.05, 0.1) is 5.02 Å². The van der Waals surface area contributed by atoms with Crippen LogP contribution in [0.5, 0.6) is 5.75 Å². The molecule has 1 heterocycles. The van der Waals surface area contributed by atoms with Gasteiger partial charge in [0.25, 0.3) is 5.92 Å². The zero-order valence-electron chi connectivity index (χ0n) is 18.9. The van der Waals surface area contributed by atoms with Crippen molar-refractivity contribution in [1.82, 2.24) is 15.2 Å². The Balaban J connectivity index is 1.70. The fourth-order valence-corrected chi connectivity index (χ4v) is 4.60. The molecule has 1 amide bonds. The number of phenolic OH excluding ortho intramolecular Hbond substituents is 1. The van der Waals surface area contributed by atoms with Gasteiger partial charge in [0.15, 0.2) is 11.6 Å². The second kappa shape index (κ2) is 9.89. The highest BCUT2D eigenvalue weighted by Gasteiger charge is 2.63. The second-order valence-electron chi connectivity index (χ2n) is 9.08. The van der Waals surface area contributed by atoms with Crippen LogP contribution in [0.25, 0.3) is 0 Å². The predicted molar refractivity (Wildman–Crippen MR) is 121 cm³/mol. The summed E-state index contributed by atoms with van der Waals surface area (Å²) in [5.41, 5.74) is -0.122. The zero-order chi connectivity index (χ0) is 24.4. The summed E-state index contributed by atoms with van der Waals surface area (Å²) in [7, 11) is 3.63. The van der Waals surface area contributed by atoms with Crippen LogP contribution >= 0.6 is 11.6 Å². The molecule has 1 aliphatic carbocycles. The Bertz CT molecular complexity index is 979. The Hall–Kier alpha value is -2.32. The number of aromatic hydroxyl groups is 1. The molecule has 5 nitrogen and oxygen atoms in total. The highest BCUT2D eigenvalue weighted by Crippen LogP contribution is 2.65. The van der Waals surface area contributed by atoms with Gasteiger partial charge in [-0.1, -0.05) is 23.7 Å². The van der Waals surface area contributed by atoms with E-state index in [1.54, 1.807) is 24.5 Å². The first kappa shape index (κ1) is 25.3. The van der Waals surface area contributed by atoms with Crippen LogP contribution in [-0.4, -0.2) is 53.5 Å². The van der Waals surface area contributed by atoms with Crippen molar-refractivity contribution in [1.29, 1.82) is 0 Å². The molecule has 0 radical (unpaired) electrons. The third-order valence-corrected chi connectivity index (χ3v) is 7.08. The largest absolute Gasteiger partial charge is 0.505 e. The lowest BCUT2D eigenvalue weighted by atomic mass is 9.77. The van der Waals surface area contributed by atoms with Crippen molar-refractivity contribution in [3.63, 3.8) is 0 Å². The smallest absolute Gasteiger partial charge is 0.251 e. The molecule has 9 heteroatoms. The highest BCUT2D eigenvalue weighted by molar-refractivity contribution is 6.31. The Kier molecular flexibility index (Phi) is 7.59. The number of aromatic nitrogens is 1. The summed E-state index contributed by atoms with van der Waals surface area (Å²) in [6.45, 7) is 1.14. The molecular formula is C24H29ClF3N3O2. The number of nitrogens with one attached hydrogen (secondary N) is 1. The third kappa shape index (κ3) is 5.61. The molecule has 2 N–H and O–H groups in total. The first-order valence-corrected chi connectivity index (χ1v) is 11.2. The van der Waals surface area contributed by atoms with Gasteiger partial charge in [0.1, 0.15) is 0 Å². The number of carbonyl (C=O) groups is 1. The van der Waals surface area contributed by atoms with Gasteiger partial charge >= 0.3 is 0 Å². The van der Waals surface area contributed by atoms with E-state index in [4.69, 9.17) is 11.6 Å². The molecule has 0 saturated heterocycles. The summed E-state index contributed by atoms with van der Waals surface area (Å²) < 4.78 is 42.9. The number of hydrogen-bond donors (Lipinski definition) is 2. The second-order valence-corrected chi connectivity index (χ2v) is 9.46. The zero-order valence-corrected chi connectivity index (χ0v) is 19.7. The average Bonchev–Trinajstić information content (AvgIpc) is 3.57. The van der Waals surface area contributed by atoms with Crippen LogP contribution < -0.4 is 5.32 Å². The van der Waals surface area contributed by atoms with E-state index in [-0.39, 0.29) is 29.9 Å². The summed E-state index contributed by atoms with van der Waals surface area (Å²) >= 11 is 6.03. The normalized spacial score (nSPS) is 17.0. The van der Waals surface area contributed by atoms with Gasteiger partial charge in [-0.3, -0.25) is 9.78 Å². The van der Waals surface area contributed by atoms with Crippen LogP contribution in [0.3, 0.4) is 0 Å². The molecule has 0 unspecified atom stereocenters. The molecule has 1 aromatic carbocycles. The van der Waals surface area contributed by atoms with Crippen LogP contribution in [-0.2, 0) is 11.2 Å². The lowest BCUT2D eigenvalue weighted by Gasteiger charge is -2.32. The molecule has 1 fully saturated rings. The fourth-order valence-electron chi connectivity index (χ4n) is 4.36. The molecule has 1 saturated carbocycles. The number of rotatable bonds is 10. The summed E-state index contributed by atoms with van der Waals surface area (Å²) in [6.07, 6.45) is 4.08. The van der Waals surface area contributed by atoms with Crippen molar-refractivity contribution in [2.45, 2.75) is 50.5 Å². The van der Waals surface area contributed by atoms with Crippen LogP contribution in [0.2, 0.25) is 5.02 Å². The molecule has 0 aliphatic heterocycles. The van der Waals surface area contributed by atoms with Gasteiger partial charge in [-0.15, -0.1) is 0 Å². The number of carbonyl (C=O) groups excluding carboxylic acids is 1. The maximum absolute atomic E-state index is 14.5. The fraction of sp³-hybridized carbons (Fsp3) is 0.500. The number of hydrogen-bond acceptors (Lipinski definition) is 4. The number of pyridine rings is 1. The Morgan fingerprint density at radius 3 is 2.58 bits per heavy atom. The Morgan fingerprint density at radius 2 is 2.03 bits per heavy atom. The van der Waals surface area contributed by atoms with E-state index < -0.39 is 28.8 Å². The maximum Gasteiger partial charge on any atom is 0.251 e. The average molecular weight is 484 g/mol. The molecule has 2 atom stereocenters. The van der Waals surface area contributed by atoms with Crippen LogP contribution in [0.15, 0.2) is 36.7 Å². The van der Waals surface area contributed by atoms with E-state index in [2.05, 4.69) is 10.3 Å². The monoisotopic (exact) mass is 483 g/mol. The number of benzene rings is 1. The maximum atomic E-state index is 14.5. The number of nitrogens with zero attached hydrogens (tertiary/aromatic N) is 2. The van der Waals surface area contributed by atoms with Crippen molar-refractivity contribution in [2.24, 2.45) is 5.41 Å². The van der Waals surface area contributed by atoms with Gasteiger partial charge < -0.3 is 15.3 Å². The molecule has 0 spiro atoms. The van der Waals surface area contributed by atoms with E-state index in [0.717, 1.165) is 6.92 Å². The minimum absolute atomic E-state index is 0.0795. The topological polar surface area (TPSA) is 65.5 Å². The van der Waals surface area contributed by atoms with Crippen LogP contribution in [0.1, 0.15) is 43.2 Å². The Morgan fingerprint density at radius 1 is 1.33 bits per heavy atom. The Labute approximate surface area is 197 Å². The van der Waals surface area contributed by atoms with E-state index in [0.29, 0.717) is 30.4 Å². The minimum Gasteiger partial charge on any atom is -0.505 e. The molecule has 2 aromatic rings.